The number of rotatable bonds is 3. The molecule has 1 aromatic carbocycles. The second-order valence-electron chi connectivity index (χ2n) is 3.55. The Morgan fingerprint density at radius 2 is 2.00 bits per heavy atom. The third-order valence-electron chi connectivity index (χ3n) is 2.04. The number of phenolic OH excluding ortho intramolecular Hbond substituents is 1. The minimum atomic E-state index is 0.394. The molecule has 2 nitrogen and oxygen atoms in total. The maximum atomic E-state index is 9.55. The molecular weight excluding hydrogens is 162 g/mol. The largest absolute Gasteiger partial charge is 0.508 e. The van der Waals surface area contributed by atoms with Crippen LogP contribution < -0.4 is 0 Å². The van der Waals surface area contributed by atoms with E-state index >= 15 is 0 Å². The summed E-state index contributed by atoms with van der Waals surface area (Å²) < 4.78 is 0. The summed E-state index contributed by atoms with van der Waals surface area (Å²) in [6.45, 7) is 2.91. The Hall–Kier alpha value is -1.02. The van der Waals surface area contributed by atoms with Gasteiger partial charge in [-0.1, -0.05) is 19.1 Å². The fourth-order valence-corrected chi connectivity index (χ4v) is 1.33. The van der Waals surface area contributed by atoms with Crippen molar-refractivity contribution in [3.05, 3.63) is 29.3 Å². The van der Waals surface area contributed by atoms with E-state index in [1.165, 1.54) is 5.56 Å². The predicted molar refractivity (Wildman–Crippen MR) is 54.9 cm³/mol. The molecule has 0 amide bonds. The van der Waals surface area contributed by atoms with Gasteiger partial charge in [0.05, 0.1) is 0 Å². The molecule has 72 valence electrons. The lowest BCUT2D eigenvalue weighted by atomic mass is 10.1. The molecule has 0 heterocycles. The molecule has 0 aromatic heterocycles. The van der Waals surface area contributed by atoms with Gasteiger partial charge in [0.2, 0.25) is 0 Å². The Bertz CT molecular complexity index is 281. The van der Waals surface area contributed by atoms with Crippen LogP contribution in [0.4, 0.5) is 0 Å². The predicted octanol–water partition coefficient (Wildman–Crippen LogP) is 2.02. The summed E-state index contributed by atoms with van der Waals surface area (Å²) in [5, 5.41) is 9.55. The molecule has 2 heteroatoms. The van der Waals surface area contributed by atoms with Gasteiger partial charge in [-0.3, -0.25) is 0 Å². The summed E-state index contributed by atoms with van der Waals surface area (Å²) in [5.41, 5.74) is 2.28. The minimum absolute atomic E-state index is 0.394. The SMILES string of the molecule is CCc1ccc(O)c(CN(C)C)c1. The molecule has 0 saturated carbocycles. The van der Waals surface area contributed by atoms with Gasteiger partial charge in [-0.15, -0.1) is 0 Å². The van der Waals surface area contributed by atoms with Gasteiger partial charge in [-0.05, 0) is 32.1 Å². The first-order valence-corrected chi connectivity index (χ1v) is 4.59. The zero-order valence-corrected chi connectivity index (χ0v) is 8.54. The molecule has 0 bridgehead atoms. The molecule has 0 aliphatic heterocycles. The molecule has 0 atom stereocenters. The molecular formula is C11H17NO. The average molecular weight is 179 g/mol. The number of benzene rings is 1. The van der Waals surface area contributed by atoms with Gasteiger partial charge in [-0.2, -0.15) is 0 Å². The first kappa shape index (κ1) is 10.1. The van der Waals surface area contributed by atoms with Gasteiger partial charge >= 0.3 is 0 Å². The lowest BCUT2D eigenvalue weighted by Crippen LogP contribution is -2.10. The van der Waals surface area contributed by atoms with Crippen LogP contribution in [0, 0.1) is 0 Å². The van der Waals surface area contributed by atoms with Crippen molar-refractivity contribution >= 4 is 0 Å². The van der Waals surface area contributed by atoms with Crippen molar-refractivity contribution < 1.29 is 5.11 Å². The highest BCUT2D eigenvalue weighted by Crippen LogP contribution is 2.19. The molecule has 1 aromatic rings. The standard InChI is InChI=1S/C11H17NO/c1-4-9-5-6-11(13)10(7-9)8-12(2)3/h5-7,13H,4,8H2,1-3H3. The lowest BCUT2D eigenvalue weighted by Gasteiger charge is -2.12. The molecule has 0 unspecified atom stereocenters. The molecule has 0 aliphatic carbocycles. The third kappa shape index (κ3) is 2.74. The van der Waals surface area contributed by atoms with Crippen molar-refractivity contribution in [2.75, 3.05) is 14.1 Å². The summed E-state index contributed by atoms with van der Waals surface area (Å²) >= 11 is 0. The minimum Gasteiger partial charge on any atom is -0.508 e. The van der Waals surface area contributed by atoms with Crippen LogP contribution in [0.2, 0.25) is 0 Å². The maximum Gasteiger partial charge on any atom is 0.120 e. The Morgan fingerprint density at radius 1 is 1.31 bits per heavy atom. The fourth-order valence-electron chi connectivity index (χ4n) is 1.33. The second kappa shape index (κ2) is 4.28. The van der Waals surface area contributed by atoms with Gasteiger partial charge in [0, 0.05) is 12.1 Å². The topological polar surface area (TPSA) is 23.5 Å². The Morgan fingerprint density at radius 3 is 2.54 bits per heavy atom. The second-order valence-corrected chi connectivity index (χ2v) is 3.55. The van der Waals surface area contributed by atoms with Crippen LogP contribution in [0.25, 0.3) is 0 Å². The van der Waals surface area contributed by atoms with Crippen LogP contribution in [-0.4, -0.2) is 24.1 Å². The van der Waals surface area contributed by atoms with E-state index in [9.17, 15) is 5.11 Å². The highest BCUT2D eigenvalue weighted by atomic mass is 16.3. The zero-order valence-electron chi connectivity index (χ0n) is 8.54. The van der Waals surface area contributed by atoms with E-state index in [1.807, 2.05) is 20.2 Å². The van der Waals surface area contributed by atoms with Gasteiger partial charge in [0.15, 0.2) is 0 Å². The molecule has 0 saturated heterocycles. The molecule has 0 fully saturated rings. The number of phenols is 1. The van der Waals surface area contributed by atoms with Gasteiger partial charge in [0.1, 0.15) is 5.75 Å². The molecule has 13 heavy (non-hydrogen) atoms. The van der Waals surface area contributed by atoms with E-state index in [0.717, 1.165) is 18.5 Å². The first-order chi connectivity index (χ1) is 6.13. The lowest BCUT2D eigenvalue weighted by molar-refractivity contribution is 0.385. The van der Waals surface area contributed by atoms with E-state index in [2.05, 4.69) is 17.9 Å². The van der Waals surface area contributed by atoms with Crippen molar-refractivity contribution in [3.8, 4) is 5.75 Å². The highest BCUT2D eigenvalue weighted by molar-refractivity contribution is 5.36. The normalized spacial score (nSPS) is 10.8. The van der Waals surface area contributed by atoms with E-state index in [1.54, 1.807) is 6.07 Å². The van der Waals surface area contributed by atoms with Crippen molar-refractivity contribution in [2.45, 2.75) is 19.9 Å². The van der Waals surface area contributed by atoms with Crippen molar-refractivity contribution in [1.29, 1.82) is 0 Å². The molecule has 0 spiro atoms. The summed E-state index contributed by atoms with van der Waals surface area (Å²) in [6.07, 6.45) is 1.01. The number of nitrogens with zero attached hydrogens (tertiary/aromatic N) is 1. The van der Waals surface area contributed by atoms with Crippen LogP contribution >= 0.6 is 0 Å². The molecule has 0 radical (unpaired) electrons. The van der Waals surface area contributed by atoms with E-state index in [-0.39, 0.29) is 0 Å². The number of hydrogen-bond acceptors (Lipinski definition) is 2. The number of hydrogen-bond donors (Lipinski definition) is 1. The van der Waals surface area contributed by atoms with Crippen LogP contribution in [0.1, 0.15) is 18.1 Å². The molecule has 1 N–H and O–H groups in total. The molecule has 0 aliphatic rings. The zero-order chi connectivity index (χ0) is 9.84. The molecule has 1 rings (SSSR count). The summed E-state index contributed by atoms with van der Waals surface area (Å²) in [6, 6.07) is 5.81. The van der Waals surface area contributed by atoms with E-state index in [0.29, 0.717) is 5.75 Å². The van der Waals surface area contributed by atoms with Gasteiger partial charge in [0.25, 0.3) is 0 Å². The summed E-state index contributed by atoms with van der Waals surface area (Å²) in [5.74, 6) is 0.394. The Labute approximate surface area is 79.8 Å². The van der Waals surface area contributed by atoms with Gasteiger partial charge in [-0.25, -0.2) is 0 Å². The highest BCUT2D eigenvalue weighted by Gasteiger charge is 2.02. The Kier molecular flexibility index (Phi) is 3.32. The quantitative estimate of drug-likeness (QED) is 0.767. The van der Waals surface area contributed by atoms with Crippen molar-refractivity contribution in [2.24, 2.45) is 0 Å². The monoisotopic (exact) mass is 179 g/mol. The first-order valence-electron chi connectivity index (χ1n) is 4.59. The number of aromatic hydroxyl groups is 1. The van der Waals surface area contributed by atoms with Gasteiger partial charge < -0.3 is 10.0 Å². The third-order valence-corrected chi connectivity index (χ3v) is 2.04. The summed E-state index contributed by atoms with van der Waals surface area (Å²) in [7, 11) is 4.00. The summed E-state index contributed by atoms with van der Waals surface area (Å²) in [4.78, 5) is 2.05. The van der Waals surface area contributed by atoms with Crippen LogP contribution in [-0.2, 0) is 13.0 Å². The average Bonchev–Trinajstić information content (AvgIpc) is 2.08. The fraction of sp³-hybridized carbons (Fsp3) is 0.455. The number of aryl methyl sites for hydroxylation is 1. The van der Waals surface area contributed by atoms with Crippen LogP contribution in [0.3, 0.4) is 0 Å². The van der Waals surface area contributed by atoms with Crippen LogP contribution in [0.15, 0.2) is 18.2 Å². The van der Waals surface area contributed by atoms with Crippen molar-refractivity contribution in [3.63, 3.8) is 0 Å². The van der Waals surface area contributed by atoms with E-state index in [4.69, 9.17) is 0 Å². The van der Waals surface area contributed by atoms with E-state index < -0.39 is 0 Å². The smallest absolute Gasteiger partial charge is 0.120 e. The Balaban J connectivity index is 2.90. The maximum absolute atomic E-state index is 9.55. The van der Waals surface area contributed by atoms with Crippen molar-refractivity contribution in [1.82, 2.24) is 4.90 Å². The van der Waals surface area contributed by atoms with Crippen LogP contribution in [0.5, 0.6) is 5.75 Å².